The van der Waals surface area contributed by atoms with E-state index < -0.39 is 39.8 Å². The molecule has 0 saturated heterocycles. The molecule has 0 saturated carbocycles. The van der Waals surface area contributed by atoms with Crippen LogP contribution in [0.2, 0.25) is 51.4 Å². The molecule has 0 radical (unpaired) electrons. The molecule has 2 N–H and O–H groups in total. The monoisotopic (exact) mass is 476 g/mol. The van der Waals surface area contributed by atoms with E-state index in [0.717, 1.165) is 12.1 Å². The van der Waals surface area contributed by atoms with Gasteiger partial charge in [-0.3, -0.25) is 4.79 Å². The Morgan fingerprint density at radius 1 is 0.968 bits per heavy atom. The number of nitrogens with one attached hydrogen (secondary N) is 1. The number of hydrazine groups is 1. The molecule has 0 fully saturated rings. The highest BCUT2D eigenvalue weighted by Crippen LogP contribution is 2.21. The molecule has 2 amide bonds. The second kappa shape index (κ2) is 12.6. The average molecular weight is 477 g/mol. The van der Waals surface area contributed by atoms with Crippen LogP contribution in [0.1, 0.15) is 40.0 Å². The van der Waals surface area contributed by atoms with Crippen molar-refractivity contribution in [3.8, 4) is 0 Å². The third kappa shape index (κ3) is 12.3. The lowest BCUT2D eigenvalue weighted by Gasteiger charge is -2.36. The predicted octanol–water partition coefficient (Wildman–Crippen LogP) is 4.21. The molecule has 0 aliphatic heterocycles. The van der Waals surface area contributed by atoms with Crippen LogP contribution < -0.4 is 5.43 Å². The lowest BCUT2D eigenvalue weighted by Crippen LogP contribution is -2.64. The number of esters is 1. The molecule has 31 heavy (non-hydrogen) atoms. The van der Waals surface area contributed by atoms with Crippen molar-refractivity contribution in [1.82, 2.24) is 10.4 Å². The predicted molar refractivity (Wildman–Crippen MR) is 128 cm³/mol. The zero-order valence-corrected chi connectivity index (χ0v) is 23.0. The fraction of sp³-hybridized carbons (Fsp3) is 0.857. The minimum atomic E-state index is -2.30. The number of carbonyl (C=O) groups excluding carboxylic acids is 3. The minimum Gasteiger partial charge on any atom is -0.462 e. The van der Waals surface area contributed by atoms with E-state index in [1.165, 1.54) is 0 Å². The number of amides is 2. The van der Waals surface area contributed by atoms with Gasteiger partial charge in [0.25, 0.3) is 5.72 Å². The molecule has 0 aromatic carbocycles. The Bertz CT molecular complexity index is 602. The second-order valence-corrected chi connectivity index (χ2v) is 22.1. The Morgan fingerprint density at radius 3 is 1.87 bits per heavy atom. The van der Waals surface area contributed by atoms with Crippen molar-refractivity contribution in [3.05, 3.63) is 0 Å². The highest BCUT2D eigenvalue weighted by Gasteiger charge is 2.46. The lowest BCUT2D eigenvalue weighted by atomic mass is 10.1. The molecule has 0 rings (SSSR count). The highest BCUT2D eigenvalue weighted by atomic mass is 28.3. The standard InChI is InChI=1S/C21H44N2O6Si2/c1-10-21(27,19(25)28-13-15-30(4,5)6)23(18(24)12-11-17(2)3)22-20(26)29-14-16-31(7,8)9/h17,27H,10-16H2,1-9H3,(H,22,26)/t21-/m1/s1. The summed E-state index contributed by atoms with van der Waals surface area (Å²) >= 11 is 0. The maximum Gasteiger partial charge on any atom is 0.426 e. The number of carbonyl (C=O) groups is 3. The third-order valence-electron chi connectivity index (χ3n) is 4.75. The summed E-state index contributed by atoms with van der Waals surface area (Å²) in [6, 6.07) is 1.49. The summed E-state index contributed by atoms with van der Waals surface area (Å²) in [5.74, 6) is -1.27. The number of rotatable bonds is 12. The number of ether oxygens (including phenoxy) is 2. The fourth-order valence-corrected chi connectivity index (χ4v) is 3.85. The third-order valence-corrected chi connectivity index (χ3v) is 8.16. The van der Waals surface area contributed by atoms with Gasteiger partial charge in [0.15, 0.2) is 0 Å². The first kappa shape index (κ1) is 29.6. The Hall–Kier alpha value is -1.40. The van der Waals surface area contributed by atoms with Crippen molar-refractivity contribution in [2.75, 3.05) is 13.2 Å². The van der Waals surface area contributed by atoms with Gasteiger partial charge in [-0.05, 0) is 24.4 Å². The molecule has 0 aliphatic carbocycles. The van der Waals surface area contributed by atoms with Gasteiger partial charge in [0, 0.05) is 29.0 Å². The fourth-order valence-electron chi connectivity index (χ4n) is 2.42. The maximum atomic E-state index is 12.9. The van der Waals surface area contributed by atoms with Crippen LogP contribution in [0.4, 0.5) is 4.79 Å². The van der Waals surface area contributed by atoms with Crippen LogP contribution in [0.5, 0.6) is 0 Å². The van der Waals surface area contributed by atoms with Gasteiger partial charge < -0.3 is 14.6 Å². The van der Waals surface area contributed by atoms with Gasteiger partial charge in [-0.2, -0.15) is 0 Å². The number of hydrogen-bond donors (Lipinski definition) is 2. The summed E-state index contributed by atoms with van der Waals surface area (Å²) in [6.07, 6.45) is -0.400. The van der Waals surface area contributed by atoms with E-state index in [9.17, 15) is 19.5 Å². The average Bonchev–Trinajstić information content (AvgIpc) is 2.61. The first-order chi connectivity index (χ1) is 14.0. The van der Waals surface area contributed by atoms with Crippen molar-refractivity contribution in [2.24, 2.45) is 5.92 Å². The van der Waals surface area contributed by atoms with Gasteiger partial charge in [0.2, 0.25) is 5.91 Å². The van der Waals surface area contributed by atoms with E-state index in [1.807, 2.05) is 13.8 Å². The molecule has 0 aromatic heterocycles. The van der Waals surface area contributed by atoms with Crippen LogP contribution in [-0.4, -0.2) is 63.2 Å². The topological polar surface area (TPSA) is 105 Å². The Balaban J connectivity index is 5.42. The minimum absolute atomic E-state index is 0.0668. The first-order valence-corrected chi connectivity index (χ1v) is 18.6. The van der Waals surface area contributed by atoms with E-state index in [2.05, 4.69) is 44.7 Å². The molecule has 0 aliphatic rings. The van der Waals surface area contributed by atoms with E-state index in [4.69, 9.17) is 9.47 Å². The van der Waals surface area contributed by atoms with E-state index in [0.29, 0.717) is 11.4 Å². The summed E-state index contributed by atoms with van der Waals surface area (Å²) in [4.78, 5) is 38.0. The Labute approximate surface area is 190 Å². The molecule has 0 bridgehead atoms. The van der Waals surface area contributed by atoms with Crippen molar-refractivity contribution in [2.45, 2.75) is 97.1 Å². The van der Waals surface area contributed by atoms with Crippen molar-refractivity contribution in [3.63, 3.8) is 0 Å². The molecule has 1 atom stereocenters. The van der Waals surface area contributed by atoms with Crippen LogP contribution in [-0.2, 0) is 19.1 Å². The Kier molecular flexibility index (Phi) is 12.0. The van der Waals surface area contributed by atoms with E-state index >= 15 is 0 Å². The summed E-state index contributed by atoms with van der Waals surface area (Å²) in [7, 11) is -2.86. The van der Waals surface area contributed by atoms with Crippen LogP contribution >= 0.6 is 0 Å². The van der Waals surface area contributed by atoms with Crippen molar-refractivity contribution >= 4 is 34.1 Å². The van der Waals surface area contributed by atoms with Gasteiger partial charge in [-0.25, -0.2) is 20.0 Å². The molecule has 8 nitrogen and oxygen atoms in total. The molecule has 0 aromatic rings. The van der Waals surface area contributed by atoms with E-state index in [-0.39, 0.29) is 32.0 Å². The maximum absolute atomic E-state index is 12.9. The quantitative estimate of drug-likeness (QED) is 0.189. The number of hydrogen-bond acceptors (Lipinski definition) is 6. The van der Waals surface area contributed by atoms with Crippen LogP contribution in [0.25, 0.3) is 0 Å². The van der Waals surface area contributed by atoms with Gasteiger partial charge in [-0.1, -0.05) is 60.1 Å². The van der Waals surface area contributed by atoms with E-state index in [1.54, 1.807) is 6.92 Å². The SMILES string of the molecule is CC[C@@](O)(C(=O)OCC[Si](C)(C)C)N(NC(=O)OCC[Si](C)(C)C)C(=O)CCC(C)C. The van der Waals surface area contributed by atoms with Gasteiger partial charge in [-0.15, -0.1) is 0 Å². The van der Waals surface area contributed by atoms with Crippen LogP contribution in [0.15, 0.2) is 0 Å². The van der Waals surface area contributed by atoms with Crippen LogP contribution in [0, 0.1) is 5.92 Å². The second-order valence-electron chi connectivity index (χ2n) is 10.8. The molecular formula is C21H44N2O6Si2. The summed E-state index contributed by atoms with van der Waals surface area (Å²) in [5, 5.41) is 11.8. The van der Waals surface area contributed by atoms with Crippen molar-refractivity contribution in [1.29, 1.82) is 0 Å². The Morgan fingerprint density at radius 2 is 1.45 bits per heavy atom. The summed E-state index contributed by atoms with van der Waals surface area (Å²) < 4.78 is 10.5. The molecule has 0 spiro atoms. The lowest BCUT2D eigenvalue weighted by molar-refractivity contribution is -0.200. The summed E-state index contributed by atoms with van der Waals surface area (Å²) in [5.41, 5.74) is 0.00149. The molecular weight excluding hydrogens is 432 g/mol. The molecule has 0 unspecified atom stereocenters. The van der Waals surface area contributed by atoms with Gasteiger partial charge >= 0.3 is 12.1 Å². The molecule has 182 valence electrons. The summed E-state index contributed by atoms with van der Waals surface area (Å²) in [6.45, 7) is 18.8. The molecule has 0 heterocycles. The van der Waals surface area contributed by atoms with Crippen LogP contribution in [0.3, 0.4) is 0 Å². The number of nitrogens with zero attached hydrogens (tertiary/aromatic N) is 1. The normalized spacial score (nSPS) is 14.0. The molecule has 10 heteroatoms. The van der Waals surface area contributed by atoms with Gasteiger partial charge in [0.05, 0.1) is 13.2 Å². The van der Waals surface area contributed by atoms with Crippen molar-refractivity contribution < 1.29 is 29.0 Å². The smallest absolute Gasteiger partial charge is 0.426 e. The number of aliphatic hydroxyl groups is 1. The van der Waals surface area contributed by atoms with Gasteiger partial charge in [0.1, 0.15) is 0 Å². The zero-order chi connectivity index (χ0) is 24.5. The zero-order valence-electron chi connectivity index (χ0n) is 21.0. The largest absolute Gasteiger partial charge is 0.462 e. The first-order valence-electron chi connectivity index (χ1n) is 11.2. The highest BCUT2D eigenvalue weighted by molar-refractivity contribution is 6.76.